The van der Waals surface area contributed by atoms with E-state index in [9.17, 15) is 14.7 Å². The number of ether oxygens (including phenoxy) is 2. The van der Waals surface area contributed by atoms with Gasteiger partial charge in [-0.05, 0) is 65.2 Å². The largest absolute Gasteiger partial charge is 0.530 e. The standard InChI is InChI=1S/C25H31N3O5/c1-6-24(5,28(22(30)31)23(2,3)4)21(29)27-16-10-11-19(26-14-16)33-18-9-7-8-17-20(18)25(12-13-25)15-32-17/h7-11,14H,6,12-13,15H2,1-5H3,(H,27,29)(H,30,31)/p-1/t24-/m1/s1. The molecular weight excluding hydrogens is 422 g/mol. The van der Waals surface area contributed by atoms with Gasteiger partial charge in [-0.15, -0.1) is 0 Å². The van der Waals surface area contributed by atoms with Crippen molar-refractivity contribution in [2.45, 2.75) is 70.4 Å². The van der Waals surface area contributed by atoms with Crippen molar-refractivity contribution < 1.29 is 24.2 Å². The van der Waals surface area contributed by atoms with Crippen LogP contribution in [0.15, 0.2) is 36.5 Å². The van der Waals surface area contributed by atoms with E-state index in [2.05, 4.69) is 10.3 Å². The molecule has 1 fully saturated rings. The maximum Gasteiger partial charge on any atom is 0.250 e. The number of nitrogens with one attached hydrogen (secondary N) is 1. The van der Waals surface area contributed by atoms with Gasteiger partial charge in [0.2, 0.25) is 11.8 Å². The highest BCUT2D eigenvalue weighted by Crippen LogP contribution is 2.58. The zero-order chi connectivity index (χ0) is 24.0. The van der Waals surface area contributed by atoms with Crippen LogP contribution in [0.1, 0.15) is 59.4 Å². The van der Waals surface area contributed by atoms with Gasteiger partial charge >= 0.3 is 0 Å². The second-order valence-corrected chi connectivity index (χ2v) is 10.0. The summed E-state index contributed by atoms with van der Waals surface area (Å²) >= 11 is 0. The van der Waals surface area contributed by atoms with Gasteiger partial charge in [0.05, 0.1) is 18.5 Å². The number of pyridine rings is 1. The number of rotatable bonds is 6. The molecule has 1 saturated carbocycles. The van der Waals surface area contributed by atoms with Crippen LogP contribution in [0, 0.1) is 0 Å². The van der Waals surface area contributed by atoms with Gasteiger partial charge in [-0.3, -0.25) is 4.79 Å². The normalized spacial score (nSPS) is 17.5. The third-order valence-electron chi connectivity index (χ3n) is 6.61. The summed E-state index contributed by atoms with van der Waals surface area (Å²) in [6.45, 7) is 9.25. The second kappa shape index (κ2) is 7.93. The first-order valence-electron chi connectivity index (χ1n) is 11.2. The van der Waals surface area contributed by atoms with Gasteiger partial charge in [0.1, 0.15) is 23.1 Å². The SMILES string of the molecule is CC[C@](C)(C(=O)Nc1ccc(Oc2cccc3c2C2(CC2)CO3)nc1)N(C(=O)[O-])C(C)(C)C. The van der Waals surface area contributed by atoms with Crippen molar-refractivity contribution in [2.24, 2.45) is 0 Å². The molecule has 1 N–H and O–H groups in total. The van der Waals surface area contributed by atoms with Crippen LogP contribution < -0.4 is 19.9 Å². The summed E-state index contributed by atoms with van der Waals surface area (Å²) in [7, 11) is 0. The average molecular weight is 453 g/mol. The van der Waals surface area contributed by atoms with Gasteiger partial charge in [-0.1, -0.05) is 13.0 Å². The van der Waals surface area contributed by atoms with Gasteiger partial charge in [0.25, 0.3) is 0 Å². The molecule has 8 heteroatoms. The maximum atomic E-state index is 13.1. The molecule has 2 heterocycles. The molecule has 0 saturated heterocycles. The monoisotopic (exact) mass is 452 g/mol. The number of hydrogen-bond acceptors (Lipinski definition) is 6. The Morgan fingerprint density at radius 2 is 1.94 bits per heavy atom. The first kappa shape index (κ1) is 22.9. The Morgan fingerprint density at radius 3 is 2.48 bits per heavy atom. The molecule has 176 valence electrons. The molecule has 1 aromatic carbocycles. The van der Waals surface area contributed by atoms with E-state index in [1.54, 1.807) is 46.8 Å². The minimum Gasteiger partial charge on any atom is -0.530 e. The van der Waals surface area contributed by atoms with Crippen molar-refractivity contribution in [3.8, 4) is 17.4 Å². The van der Waals surface area contributed by atoms with E-state index in [0.29, 0.717) is 18.2 Å². The van der Waals surface area contributed by atoms with Crippen LogP contribution in [-0.4, -0.2) is 39.6 Å². The zero-order valence-electron chi connectivity index (χ0n) is 19.7. The number of hydrogen-bond donors (Lipinski definition) is 1. The summed E-state index contributed by atoms with van der Waals surface area (Å²) in [4.78, 5) is 30.4. The summed E-state index contributed by atoms with van der Waals surface area (Å²) in [5.41, 5.74) is -0.500. The lowest BCUT2D eigenvalue weighted by molar-refractivity contribution is -0.277. The molecule has 0 bridgehead atoms. The number of amides is 2. The summed E-state index contributed by atoms with van der Waals surface area (Å²) in [5.74, 6) is 1.55. The number of nitrogens with zero attached hydrogens (tertiary/aromatic N) is 2. The first-order chi connectivity index (χ1) is 15.5. The lowest BCUT2D eigenvalue weighted by Gasteiger charge is -2.49. The van der Waals surface area contributed by atoms with Gasteiger partial charge in [-0.2, -0.15) is 0 Å². The molecule has 8 nitrogen and oxygen atoms in total. The third-order valence-corrected chi connectivity index (χ3v) is 6.61. The van der Waals surface area contributed by atoms with Crippen LogP contribution in [0.2, 0.25) is 0 Å². The van der Waals surface area contributed by atoms with E-state index in [1.165, 1.54) is 6.20 Å². The molecular formula is C25H30N3O5-. The summed E-state index contributed by atoms with van der Waals surface area (Å²) < 4.78 is 11.9. The van der Waals surface area contributed by atoms with Crippen LogP contribution in [0.4, 0.5) is 10.5 Å². The Kier molecular flexibility index (Phi) is 5.50. The molecule has 1 aliphatic heterocycles. The van der Waals surface area contributed by atoms with Gasteiger partial charge in [0.15, 0.2) is 0 Å². The number of anilines is 1. The number of carboxylic acid groups (broad SMARTS) is 1. The summed E-state index contributed by atoms with van der Waals surface area (Å²) in [5, 5.41) is 14.6. The molecule has 1 atom stereocenters. The molecule has 4 rings (SSSR count). The zero-order valence-corrected chi connectivity index (χ0v) is 19.7. The van der Waals surface area contributed by atoms with Crippen molar-refractivity contribution in [1.82, 2.24) is 9.88 Å². The molecule has 33 heavy (non-hydrogen) atoms. The number of fused-ring (bicyclic) bond motifs is 2. The van der Waals surface area contributed by atoms with Crippen LogP contribution in [-0.2, 0) is 10.2 Å². The number of aromatic nitrogens is 1. The van der Waals surface area contributed by atoms with Crippen LogP contribution in [0.5, 0.6) is 17.4 Å². The lowest BCUT2D eigenvalue weighted by atomic mass is 9.89. The van der Waals surface area contributed by atoms with Crippen LogP contribution in [0.3, 0.4) is 0 Å². The van der Waals surface area contributed by atoms with Gasteiger partial charge < -0.3 is 29.6 Å². The molecule has 1 aliphatic carbocycles. The predicted molar refractivity (Wildman–Crippen MR) is 121 cm³/mol. The van der Waals surface area contributed by atoms with Crippen molar-refractivity contribution in [2.75, 3.05) is 11.9 Å². The number of carbonyl (C=O) groups is 2. The fraction of sp³-hybridized carbons (Fsp3) is 0.480. The molecule has 0 unspecified atom stereocenters. The topological polar surface area (TPSA) is 104 Å². The average Bonchev–Trinajstić information content (AvgIpc) is 3.43. The quantitative estimate of drug-likeness (QED) is 0.714. The maximum absolute atomic E-state index is 13.1. The Balaban J connectivity index is 1.50. The minimum absolute atomic E-state index is 0.0718. The van der Waals surface area contributed by atoms with E-state index < -0.39 is 23.1 Å². The van der Waals surface area contributed by atoms with Crippen molar-refractivity contribution >= 4 is 17.7 Å². The molecule has 2 amide bonds. The van der Waals surface area contributed by atoms with Crippen molar-refractivity contribution in [3.05, 3.63) is 42.1 Å². The van der Waals surface area contributed by atoms with Crippen molar-refractivity contribution in [3.63, 3.8) is 0 Å². The van der Waals surface area contributed by atoms with Crippen molar-refractivity contribution in [1.29, 1.82) is 0 Å². The highest BCUT2D eigenvalue weighted by molar-refractivity contribution is 5.99. The Morgan fingerprint density at radius 1 is 1.21 bits per heavy atom. The van der Waals surface area contributed by atoms with E-state index in [4.69, 9.17) is 9.47 Å². The lowest BCUT2D eigenvalue weighted by Crippen LogP contribution is -2.66. The van der Waals surface area contributed by atoms with Crippen LogP contribution in [0.25, 0.3) is 0 Å². The smallest absolute Gasteiger partial charge is 0.250 e. The number of benzene rings is 1. The highest BCUT2D eigenvalue weighted by Gasteiger charge is 2.52. The Labute approximate surface area is 193 Å². The van der Waals surface area contributed by atoms with E-state index >= 15 is 0 Å². The molecule has 2 aromatic rings. The predicted octanol–water partition coefficient (Wildman–Crippen LogP) is 3.85. The van der Waals surface area contributed by atoms with Gasteiger partial charge in [0, 0.05) is 22.6 Å². The molecule has 2 aliphatic rings. The second-order valence-electron chi connectivity index (χ2n) is 10.0. The fourth-order valence-corrected chi connectivity index (χ4v) is 4.60. The third kappa shape index (κ3) is 4.10. The Bertz CT molecular complexity index is 1070. The van der Waals surface area contributed by atoms with Crippen LogP contribution >= 0.6 is 0 Å². The van der Waals surface area contributed by atoms with Gasteiger partial charge in [-0.25, -0.2) is 4.98 Å². The van der Waals surface area contributed by atoms with E-state index in [-0.39, 0.29) is 11.8 Å². The minimum atomic E-state index is -1.39. The summed E-state index contributed by atoms with van der Waals surface area (Å²) in [6, 6.07) is 9.13. The highest BCUT2D eigenvalue weighted by atomic mass is 16.5. The molecule has 1 aromatic heterocycles. The first-order valence-corrected chi connectivity index (χ1v) is 11.2. The molecule has 1 spiro atoms. The van der Waals surface area contributed by atoms with E-state index in [0.717, 1.165) is 34.8 Å². The number of carbonyl (C=O) groups excluding carboxylic acids is 2. The Hall–Kier alpha value is -3.29. The molecule has 0 radical (unpaired) electrons. The van der Waals surface area contributed by atoms with E-state index in [1.807, 2.05) is 18.2 Å². The fourth-order valence-electron chi connectivity index (χ4n) is 4.60. The summed E-state index contributed by atoms with van der Waals surface area (Å²) in [6.07, 6.45) is 2.56.